The molecular formula is C25H25N3O3S. The molecule has 0 saturated heterocycles. The largest absolute Gasteiger partial charge is 0.423 e. The normalized spacial score (nSPS) is 17.8. The summed E-state index contributed by atoms with van der Waals surface area (Å²) in [5, 5.41) is 7.48. The van der Waals surface area contributed by atoms with E-state index in [-0.39, 0.29) is 12.1 Å². The van der Waals surface area contributed by atoms with Gasteiger partial charge in [0.1, 0.15) is 16.9 Å². The van der Waals surface area contributed by atoms with Crippen LogP contribution in [0.2, 0.25) is 0 Å². The van der Waals surface area contributed by atoms with Gasteiger partial charge in [-0.1, -0.05) is 30.3 Å². The molecule has 1 amide bonds. The smallest absolute Gasteiger partial charge is 0.343 e. The van der Waals surface area contributed by atoms with Gasteiger partial charge in [-0.25, -0.2) is 4.79 Å². The van der Waals surface area contributed by atoms with Crippen molar-refractivity contribution in [3.05, 3.63) is 81.7 Å². The van der Waals surface area contributed by atoms with Gasteiger partial charge in [-0.2, -0.15) is 0 Å². The zero-order valence-corrected chi connectivity index (χ0v) is 18.9. The minimum atomic E-state index is -0.411. The average Bonchev–Trinajstić information content (AvgIpc) is 3.18. The standard InChI is InChI=1S/C25H25N3O3S/c1-15(2)28-12-11-19-20(14-28)32-24-21(19)23(29)26-22(27-24)17-9-6-10-18(13-17)31-25(30)16-7-4-3-5-8-16/h3-10,13,15,22,27H,11-12,14H2,1-2H3,(H,26,29). The first-order valence-corrected chi connectivity index (χ1v) is 11.6. The molecule has 5 rings (SSSR count). The Balaban J connectivity index is 1.36. The third-order valence-corrected chi connectivity index (χ3v) is 7.15. The van der Waals surface area contributed by atoms with Gasteiger partial charge in [-0.15, -0.1) is 11.3 Å². The van der Waals surface area contributed by atoms with Crippen LogP contribution in [-0.4, -0.2) is 29.4 Å². The predicted octanol–water partition coefficient (Wildman–Crippen LogP) is 4.59. The highest BCUT2D eigenvalue weighted by Crippen LogP contribution is 2.41. The number of nitrogens with zero attached hydrogens (tertiary/aromatic N) is 1. The van der Waals surface area contributed by atoms with E-state index in [1.807, 2.05) is 18.2 Å². The Hall–Kier alpha value is -3.16. The molecule has 0 radical (unpaired) electrons. The second kappa shape index (κ2) is 8.41. The van der Waals surface area contributed by atoms with Crippen LogP contribution in [0.1, 0.15) is 56.7 Å². The van der Waals surface area contributed by atoms with E-state index in [1.54, 1.807) is 47.7 Å². The van der Waals surface area contributed by atoms with Crippen LogP contribution >= 0.6 is 11.3 Å². The highest BCUT2D eigenvalue weighted by atomic mass is 32.1. The number of nitrogens with one attached hydrogen (secondary N) is 2. The lowest BCUT2D eigenvalue weighted by Gasteiger charge is -2.31. The van der Waals surface area contributed by atoms with Crippen LogP contribution in [-0.2, 0) is 13.0 Å². The maximum Gasteiger partial charge on any atom is 0.343 e. The lowest BCUT2D eigenvalue weighted by atomic mass is 9.99. The molecule has 0 fully saturated rings. The lowest BCUT2D eigenvalue weighted by molar-refractivity contribution is 0.0734. The topological polar surface area (TPSA) is 70.7 Å². The number of rotatable bonds is 4. The molecule has 0 bridgehead atoms. The molecule has 2 aromatic carbocycles. The Labute approximate surface area is 191 Å². The molecule has 3 aromatic rings. The first-order chi connectivity index (χ1) is 15.5. The number of fused-ring (bicyclic) bond motifs is 3. The summed E-state index contributed by atoms with van der Waals surface area (Å²) >= 11 is 1.67. The van der Waals surface area contributed by atoms with E-state index in [9.17, 15) is 9.59 Å². The number of carbonyl (C=O) groups excluding carboxylic acids is 2. The van der Waals surface area contributed by atoms with Crippen molar-refractivity contribution in [2.75, 3.05) is 11.9 Å². The van der Waals surface area contributed by atoms with E-state index in [0.717, 1.165) is 35.6 Å². The SMILES string of the molecule is CC(C)N1CCc2c(sc3c2C(=O)NC(c2cccc(OC(=O)c4ccccc4)c2)N3)C1. The molecule has 6 nitrogen and oxygen atoms in total. The van der Waals surface area contributed by atoms with Gasteiger partial charge in [-0.3, -0.25) is 9.69 Å². The summed E-state index contributed by atoms with van der Waals surface area (Å²) in [6.45, 7) is 6.27. The first kappa shape index (κ1) is 20.7. The molecule has 2 aliphatic rings. The van der Waals surface area contributed by atoms with E-state index in [2.05, 4.69) is 29.4 Å². The summed E-state index contributed by atoms with van der Waals surface area (Å²) in [6.07, 6.45) is 0.510. The molecule has 1 atom stereocenters. The quantitative estimate of drug-likeness (QED) is 0.452. The van der Waals surface area contributed by atoms with Crippen LogP contribution < -0.4 is 15.4 Å². The number of hydrogen-bond donors (Lipinski definition) is 2. The Kier molecular flexibility index (Phi) is 5.45. The molecule has 1 aromatic heterocycles. The predicted molar refractivity (Wildman–Crippen MR) is 125 cm³/mol. The van der Waals surface area contributed by atoms with Gasteiger partial charge in [0.25, 0.3) is 5.91 Å². The fraction of sp³-hybridized carbons (Fsp3) is 0.280. The van der Waals surface area contributed by atoms with Gasteiger partial charge < -0.3 is 15.4 Å². The van der Waals surface area contributed by atoms with Gasteiger partial charge in [-0.05, 0) is 55.7 Å². The molecule has 2 aliphatic heterocycles. The van der Waals surface area contributed by atoms with Crippen molar-refractivity contribution in [3.8, 4) is 5.75 Å². The summed E-state index contributed by atoms with van der Waals surface area (Å²) in [5.41, 5.74) is 3.29. The summed E-state index contributed by atoms with van der Waals surface area (Å²) in [6, 6.07) is 16.6. The zero-order chi connectivity index (χ0) is 22.2. The Morgan fingerprint density at radius 2 is 1.94 bits per heavy atom. The van der Waals surface area contributed by atoms with E-state index in [4.69, 9.17) is 4.74 Å². The minimum Gasteiger partial charge on any atom is -0.423 e. The monoisotopic (exact) mass is 447 g/mol. The maximum absolute atomic E-state index is 13.0. The van der Waals surface area contributed by atoms with Crippen molar-refractivity contribution in [2.45, 2.75) is 39.0 Å². The van der Waals surface area contributed by atoms with Crippen molar-refractivity contribution < 1.29 is 14.3 Å². The first-order valence-electron chi connectivity index (χ1n) is 10.8. The number of amides is 1. The molecule has 0 saturated carbocycles. The van der Waals surface area contributed by atoms with Gasteiger partial charge in [0.05, 0.1) is 11.1 Å². The van der Waals surface area contributed by atoms with Gasteiger partial charge >= 0.3 is 5.97 Å². The minimum absolute atomic E-state index is 0.0501. The number of hydrogen-bond acceptors (Lipinski definition) is 6. The van der Waals surface area contributed by atoms with Crippen LogP contribution in [0.3, 0.4) is 0 Å². The Morgan fingerprint density at radius 1 is 1.12 bits per heavy atom. The van der Waals surface area contributed by atoms with Crippen LogP contribution in [0.5, 0.6) is 5.75 Å². The summed E-state index contributed by atoms with van der Waals surface area (Å²) in [4.78, 5) is 29.1. The molecule has 32 heavy (non-hydrogen) atoms. The molecule has 0 spiro atoms. The van der Waals surface area contributed by atoms with Crippen LogP contribution in [0.4, 0.5) is 5.00 Å². The third-order valence-electron chi connectivity index (χ3n) is 6.01. The van der Waals surface area contributed by atoms with E-state index in [0.29, 0.717) is 17.4 Å². The number of esters is 1. The lowest BCUT2D eigenvalue weighted by Crippen LogP contribution is -2.39. The maximum atomic E-state index is 13.0. The molecule has 3 heterocycles. The van der Waals surface area contributed by atoms with E-state index >= 15 is 0 Å². The molecule has 7 heteroatoms. The molecule has 0 aliphatic carbocycles. The Bertz CT molecular complexity index is 1170. The van der Waals surface area contributed by atoms with Crippen molar-refractivity contribution in [1.29, 1.82) is 0 Å². The summed E-state index contributed by atoms with van der Waals surface area (Å²) in [5.74, 6) is -0.0199. The van der Waals surface area contributed by atoms with Crippen molar-refractivity contribution in [3.63, 3.8) is 0 Å². The van der Waals surface area contributed by atoms with E-state index in [1.165, 1.54) is 10.4 Å². The van der Waals surface area contributed by atoms with Crippen molar-refractivity contribution in [2.24, 2.45) is 0 Å². The van der Waals surface area contributed by atoms with Crippen LogP contribution in [0.15, 0.2) is 54.6 Å². The van der Waals surface area contributed by atoms with Gasteiger partial charge in [0.15, 0.2) is 0 Å². The molecule has 1 unspecified atom stereocenters. The molecular weight excluding hydrogens is 422 g/mol. The summed E-state index contributed by atoms with van der Waals surface area (Å²) < 4.78 is 5.55. The fourth-order valence-electron chi connectivity index (χ4n) is 4.24. The highest BCUT2D eigenvalue weighted by molar-refractivity contribution is 7.16. The number of thiophene rings is 1. The Morgan fingerprint density at radius 3 is 2.72 bits per heavy atom. The van der Waals surface area contributed by atoms with Gasteiger partial charge in [0.2, 0.25) is 0 Å². The fourth-order valence-corrected chi connectivity index (χ4v) is 5.54. The highest BCUT2D eigenvalue weighted by Gasteiger charge is 2.33. The van der Waals surface area contributed by atoms with Gasteiger partial charge in [0, 0.05) is 24.0 Å². The van der Waals surface area contributed by atoms with E-state index < -0.39 is 5.97 Å². The zero-order valence-electron chi connectivity index (χ0n) is 18.1. The average molecular weight is 448 g/mol. The van der Waals surface area contributed by atoms with Crippen molar-refractivity contribution in [1.82, 2.24) is 10.2 Å². The summed E-state index contributed by atoms with van der Waals surface area (Å²) in [7, 11) is 0. The second-order valence-electron chi connectivity index (χ2n) is 8.40. The number of benzene rings is 2. The molecule has 164 valence electrons. The number of anilines is 1. The van der Waals surface area contributed by atoms with Crippen LogP contribution in [0, 0.1) is 0 Å². The molecule has 2 N–H and O–H groups in total. The van der Waals surface area contributed by atoms with Crippen LogP contribution in [0.25, 0.3) is 0 Å². The number of ether oxygens (including phenoxy) is 1. The second-order valence-corrected chi connectivity index (χ2v) is 9.51. The number of carbonyl (C=O) groups is 2. The third kappa shape index (κ3) is 3.89. The van der Waals surface area contributed by atoms with Crippen molar-refractivity contribution >= 4 is 28.2 Å².